The Balaban J connectivity index is 1.92. The number of hydrogen-bond acceptors (Lipinski definition) is 3. The third-order valence-electron chi connectivity index (χ3n) is 3.50. The molecule has 1 N–H and O–H groups in total. The molecule has 0 atom stereocenters. The highest BCUT2D eigenvalue weighted by molar-refractivity contribution is 5.78. The molecular weight excluding hydrogens is 194 g/mol. The Morgan fingerprint density at radius 3 is 2.73 bits per heavy atom. The van der Waals surface area contributed by atoms with Crippen LogP contribution in [0.25, 0.3) is 0 Å². The van der Waals surface area contributed by atoms with Gasteiger partial charge in [0.1, 0.15) is 6.61 Å². The van der Waals surface area contributed by atoms with E-state index in [2.05, 4.69) is 0 Å². The lowest BCUT2D eigenvalue weighted by atomic mass is 9.83. The Morgan fingerprint density at radius 2 is 2.13 bits per heavy atom. The number of morpholine rings is 1. The van der Waals surface area contributed by atoms with Gasteiger partial charge in [0.25, 0.3) is 0 Å². The Hall–Kier alpha value is -0.610. The Morgan fingerprint density at radius 1 is 1.47 bits per heavy atom. The summed E-state index contributed by atoms with van der Waals surface area (Å²) in [5.74, 6) is 0.104. The second kappa shape index (κ2) is 4.10. The number of carbonyl (C=O) groups is 1. The molecule has 15 heavy (non-hydrogen) atoms. The van der Waals surface area contributed by atoms with E-state index in [9.17, 15) is 9.90 Å². The fourth-order valence-electron chi connectivity index (χ4n) is 2.45. The molecule has 86 valence electrons. The lowest BCUT2D eigenvalue weighted by Gasteiger charge is -2.40. The molecule has 4 nitrogen and oxygen atoms in total. The predicted octanol–water partition coefficient (Wildman–Crippen LogP) is 0.539. The molecule has 1 aliphatic carbocycles. The van der Waals surface area contributed by atoms with Gasteiger partial charge in [-0.05, 0) is 32.6 Å². The summed E-state index contributed by atoms with van der Waals surface area (Å²) in [6, 6.07) is 0.321. The van der Waals surface area contributed by atoms with E-state index in [1.54, 1.807) is 0 Å². The highest BCUT2D eigenvalue weighted by Gasteiger charge is 2.34. The van der Waals surface area contributed by atoms with Crippen molar-refractivity contribution < 1.29 is 14.6 Å². The van der Waals surface area contributed by atoms with Crippen LogP contribution in [0.2, 0.25) is 0 Å². The minimum Gasteiger partial charge on any atom is -0.390 e. The van der Waals surface area contributed by atoms with Crippen LogP contribution in [0.1, 0.15) is 32.6 Å². The van der Waals surface area contributed by atoms with Gasteiger partial charge in [0.15, 0.2) is 0 Å². The molecule has 0 bridgehead atoms. The first kappa shape index (κ1) is 10.9. The topological polar surface area (TPSA) is 49.8 Å². The van der Waals surface area contributed by atoms with Crippen LogP contribution in [-0.2, 0) is 9.53 Å². The Kier molecular flexibility index (Phi) is 2.98. The van der Waals surface area contributed by atoms with Gasteiger partial charge < -0.3 is 14.7 Å². The lowest BCUT2D eigenvalue weighted by Crippen LogP contribution is -2.50. The van der Waals surface area contributed by atoms with Crippen molar-refractivity contribution in [3.8, 4) is 0 Å². The number of aliphatic hydroxyl groups is 1. The summed E-state index contributed by atoms with van der Waals surface area (Å²) in [6.45, 7) is 3.47. The van der Waals surface area contributed by atoms with Crippen molar-refractivity contribution in [2.45, 2.75) is 44.2 Å². The number of hydrogen-bond donors (Lipinski definition) is 1. The van der Waals surface area contributed by atoms with E-state index in [0.29, 0.717) is 19.2 Å². The first-order chi connectivity index (χ1) is 7.08. The molecule has 0 aromatic carbocycles. The summed E-state index contributed by atoms with van der Waals surface area (Å²) in [4.78, 5) is 13.5. The average Bonchev–Trinajstić information content (AvgIpc) is 2.19. The molecule has 4 heteroatoms. The summed E-state index contributed by atoms with van der Waals surface area (Å²) in [5, 5.41) is 9.83. The van der Waals surface area contributed by atoms with Crippen molar-refractivity contribution in [2.24, 2.45) is 0 Å². The molecular formula is C11H19NO3. The van der Waals surface area contributed by atoms with E-state index in [-0.39, 0.29) is 12.5 Å². The highest BCUT2D eigenvalue weighted by atomic mass is 16.5. The van der Waals surface area contributed by atoms with E-state index in [1.165, 1.54) is 0 Å². The molecule has 1 saturated heterocycles. The molecule has 2 rings (SSSR count). The zero-order valence-corrected chi connectivity index (χ0v) is 9.24. The summed E-state index contributed by atoms with van der Waals surface area (Å²) < 4.78 is 5.10. The van der Waals surface area contributed by atoms with Crippen LogP contribution in [0, 0.1) is 0 Å². The number of rotatable bonds is 1. The van der Waals surface area contributed by atoms with Crippen LogP contribution in [0.5, 0.6) is 0 Å². The Bertz CT molecular complexity index is 242. The summed E-state index contributed by atoms with van der Waals surface area (Å²) >= 11 is 0. The van der Waals surface area contributed by atoms with Crippen molar-refractivity contribution in [3.63, 3.8) is 0 Å². The van der Waals surface area contributed by atoms with Crippen LogP contribution in [-0.4, -0.2) is 47.3 Å². The maximum Gasteiger partial charge on any atom is 0.248 e. The molecule has 2 aliphatic rings. The molecule has 1 aliphatic heterocycles. The number of nitrogens with zero attached hydrogens (tertiary/aromatic N) is 1. The molecule has 0 radical (unpaired) electrons. The molecule has 0 unspecified atom stereocenters. The van der Waals surface area contributed by atoms with Gasteiger partial charge in [-0.15, -0.1) is 0 Å². The van der Waals surface area contributed by atoms with Gasteiger partial charge in [0.05, 0.1) is 12.2 Å². The van der Waals surface area contributed by atoms with Crippen molar-refractivity contribution in [3.05, 3.63) is 0 Å². The highest BCUT2D eigenvalue weighted by Crippen LogP contribution is 2.30. The van der Waals surface area contributed by atoms with Crippen molar-refractivity contribution in [2.75, 3.05) is 19.8 Å². The second-order valence-electron chi connectivity index (χ2n) is 4.87. The van der Waals surface area contributed by atoms with E-state index >= 15 is 0 Å². The SMILES string of the molecule is CC1(O)CCC(N2CCOCC2=O)CC1. The van der Waals surface area contributed by atoms with Crippen LogP contribution >= 0.6 is 0 Å². The van der Waals surface area contributed by atoms with Gasteiger partial charge in [-0.25, -0.2) is 0 Å². The lowest BCUT2D eigenvalue weighted by molar-refractivity contribution is -0.147. The zero-order valence-electron chi connectivity index (χ0n) is 9.24. The second-order valence-corrected chi connectivity index (χ2v) is 4.87. The first-order valence-electron chi connectivity index (χ1n) is 5.68. The van der Waals surface area contributed by atoms with Gasteiger partial charge >= 0.3 is 0 Å². The van der Waals surface area contributed by atoms with Crippen molar-refractivity contribution >= 4 is 5.91 Å². The van der Waals surface area contributed by atoms with Crippen LogP contribution in [0.15, 0.2) is 0 Å². The molecule has 0 spiro atoms. The zero-order chi connectivity index (χ0) is 10.9. The predicted molar refractivity (Wildman–Crippen MR) is 55.4 cm³/mol. The minimum absolute atomic E-state index is 0.104. The van der Waals surface area contributed by atoms with E-state index < -0.39 is 5.60 Å². The fraction of sp³-hybridized carbons (Fsp3) is 0.909. The van der Waals surface area contributed by atoms with Gasteiger partial charge in [0, 0.05) is 12.6 Å². The summed E-state index contributed by atoms with van der Waals surface area (Å²) in [5.41, 5.74) is -0.522. The van der Waals surface area contributed by atoms with Crippen molar-refractivity contribution in [1.82, 2.24) is 4.90 Å². The van der Waals surface area contributed by atoms with Crippen molar-refractivity contribution in [1.29, 1.82) is 0 Å². The molecule has 1 saturated carbocycles. The monoisotopic (exact) mass is 213 g/mol. The van der Waals surface area contributed by atoms with E-state index in [0.717, 1.165) is 25.7 Å². The first-order valence-corrected chi connectivity index (χ1v) is 5.68. The molecule has 0 aromatic rings. The maximum atomic E-state index is 11.6. The quantitative estimate of drug-likeness (QED) is 0.691. The van der Waals surface area contributed by atoms with Crippen LogP contribution in [0.3, 0.4) is 0 Å². The molecule has 2 fully saturated rings. The Labute approximate surface area is 90.2 Å². The van der Waals surface area contributed by atoms with Gasteiger partial charge in [-0.2, -0.15) is 0 Å². The largest absolute Gasteiger partial charge is 0.390 e. The fourth-order valence-corrected chi connectivity index (χ4v) is 2.45. The van der Waals surface area contributed by atoms with Gasteiger partial charge in [-0.1, -0.05) is 0 Å². The average molecular weight is 213 g/mol. The minimum atomic E-state index is -0.522. The van der Waals surface area contributed by atoms with Crippen LogP contribution < -0.4 is 0 Å². The third-order valence-corrected chi connectivity index (χ3v) is 3.50. The molecule has 1 amide bonds. The molecule has 1 heterocycles. The normalized spacial score (nSPS) is 38.1. The van der Waals surface area contributed by atoms with Gasteiger partial charge in [-0.3, -0.25) is 4.79 Å². The van der Waals surface area contributed by atoms with Gasteiger partial charge in [0.2, 0.25) is 5.91 Å². The number of ether oxygens (including phenoxy) is 1. The molecule has 0 aromatic heterocycles. The number of amides is 1. The maximum absolute atomic E-state index is 11.6. The van der Waals surface area contributed by atoms with E-state index in [1.807, 2.05) is 11.8 Å². The third kappa shape index (κ3) is 2.49. The number of carbonyl (C=O) groups excluding carboxylic acids is 1. The van der Waals surface area contributed by atoms with E-state index in [4.69, 9.17) is 4.74 Å². The summed E-state index contributed by atoms with van der Waals surface area (Å²) in [6.07, 6.45) is 3.42. The summed E-state index contributed by atoms with van der Waals surface area (Å²) in [7, 11) is 0. The van der Waals surface area contributed by atoms with Crippen LogP contribution in [0.4, 0.5) is 0 Å². The smallest absolute Gasteiger partial charge is 0.248 e. The standard InChI is InChI=1S/C11H19NO3/c1-11(14)4-2-9(3-5-11)12-6-7-15-8-10(12)13/h9,14H,2-8H2,1H3.